The van der Waals surface area contributed by atoms with Crippen molar-refractivity contribution in [2.75, 3.05) is 0 Å². The van der Waals surface area contributed by atoms with Gasteiger partial charge < -0.3 is 4.74 Å². The molecule has 118 valence electrons. The molecule has 2 saturated carbocycles. The molecule has 0 N–H and O–H groups in total. The van der Waals surface area contributed by atoms with Crippen molar-refractivity contribution < 1.29 is 4.74 Å². The lowest BCUT2D eigenvalue weighted by atomic mass is 9.61. The van der Waals surface area contributed by atoms with Gasteiger partial charge in [-0.2, -0.15) is 0 Å². The largest absolute Gasteiger partial charge is 0.375 e. The Kier molecular flexibility index (Phi) is 6.87. The van der Waals surface area contributed by atoms with Crippen LogP contribution in [0.2, 0.25) is 0 Å². The zero-order valence-corrected chi connectivity index (χ0v) is 15.1. The summed E-state index contributed by atoms with van der Waals surface area (Å²) in [5, 5.41) is 0. The Morgan fingerprint density at radius 1 is 1.10 bits per heavy atom. The fraction of sp³-hybridized carbons (Fsp3) is 1.00. The highest BCUT2D eigenvalue weighted by molar-refractivity contribution is 9.09. The van der Waals surface area contributed by atoms with E-state index in [1.165, 1.54) is 77.0 Å². The molecule has 3 atom stereocenters. The van der Waals surface area contributed by atoms with Crippen molar-refractivity contribution in [2.24, 2.45) is 5.41 Å². The summed E-state index contributed by atoms with van der Waals surface area (Å²) < 4.78 is 6.46. The van der Waals surface area contributed by atoms with Crippen LogP contribution in [0.3, 0.4) is 0 Å². The van der Waals surface area contributed by atoms with E-state index in [1.807, 2.05) is 0 Å². The summed E-state index contributed by atoms with van der Waals surface area (Å²) in [6.07, 6.45) is 17.3. The minimum Gasteiger partial charge on any atom is -0.375 e. The van der Waals surface area contributed by atoms with Gasteiger partial charge in [0.2, 0.25) is 0 Å². The summed E-state index contributed by atoms with van der Waals surface area (Å²) in [5.41, 5.74) is 0.480. The Morgan fingerprint density at radius 3 is 2.40 bits per heavy atom. The highest BCUT2D eigenvalue weighted by atomic mass is 79.9. The van der Waals surface area contributed by atoms with Gasteiger partial charge in [0.05, 0.1) is 12.2 Å². The van der Waals surface area contributed by atoms with E-state index in [-0.39, 0.29) is 0 Å². The molecule has 2 rings (SSSR count). The van der Waals surface area contributed by atoms with Crippen molar-refractivity contribution in [3.8, 4) is 0 Å². The lowest BCUT2D eigenvalue weighted by Gasteiger charge is -2.54. The highest BCUT2D eigenvalue weighted by Gasteiger charge is 2.54. The van der Waals surface area contributed by atoms with Gasteiger partial charge in [-0.05, 0) is 32.6 Å². The predicted molar refractivity (Wildman–Crippen MR) is 90.6 cm³/mol. The second-order valence-corrected chi connectivity index (χ2v) is 8.24. The Balaban J connectivity index is 1.77. The first kappa shape index (κ1) is 16.8. The number of halogens is 1. The average Bonchev–Trinajstić information content (AvgIpc) is 2.71. The maximum atomic E-state index is 6.46. The van der Waals surface area contributed by atoms with Gasteiger partial charge in [-0.1, -0.05) is 74.2 Å². The maximum absolute atomic E-state index is 6.46. The molecule has 2 heteroatoms. The summed E-state index contributed by atoms with van der Waals surface area (Å²) in [4.78, 5) is 0.713. The molecular weight excluding hydrogens is 312 g/mol. The van der Waals surface area contributed by atoms with E-state index in [0.717, 1.165) is 0 Å². The van der Waals surface area contributed by atoms with Crippen LogP contribution in [0.25, 0.3) is 0 Å². The minimum absolute atomic E-state index is 0.456. The summed E-state index contributed by atoms with van der Waals surface area (Å²) >= 11 is 3.94. The summed E-state index contributed by atoms with van der Waals surface area (Å²) in [5.74, 6) is 0. The molecule has 20 heavy (non-hydrogen) atoms. The molecule has 2 fully saturated rings. The first-order valence-electron chi connectivity index (χ1n) is 8.98. The monoisotopic (exact) mass is 344 g/mol. The van der Waals surface area contributed by atoms with E-state index in [2.05, 4.69) is 29.8 Å². The van der Waals surface area contributed by atoms with Crippen molar-refractivity contribution in [3.63, 3.8) is 0 Å². The van der Waals surface area contributed by atoms with E-state index >= 15 is 0 Å². The lowest BCUT2D eigenvalue weighted by Crippen LogP contribution is -2.56. The van der Waals surface area contributed by atoms with E-state index < -0.39 is 0 Å². The van der Waals surface area contributed by atoms with Crippen LogP contribution >= 0.6 is 15.9 Å². The molecule has 0 heterocycles. The molecule has 0 aliphatic heterocycles. The van der Waals surface area contributed by atoms with Crippen LogP contribution in [-0.4, -0.2) is 17.0 Å². The van der Waals surface area contributed by atoms with Crippen molar-refractivity contribution >= 4 is 15.9 Å². The molecule has 0 radical (unpaired) electrons. The highest BCUT2D eigenvalue weighted by Crippen LogP contribution is 2.56. The van der Waals surface area contributed by atoms with Gasteiger partial charge >= 0.3 is 0 Å². The third kappa shape index (κ3) is 4.00. The van der Waals surface area contributed by atoms with E-state index in [9.17, 15) is 0 Å². The van der Waals surface area contributed by atoms with Gasteiger partial charge in [-0.25, -0.2) is 0 Å². The molecule has 0 saturated heterocycles. The SMILES string of the molecule is CCCCCCC(C)OC1CC(Br)C12CCCCCC2. The van der Waals surface area contributed by atoms with Crippen LogP contribution < -0.4 is 0 Å². The summed E-state index contributed by atoms with van der Waals surface area (Å²) in [6, 6.07) is 0. The molecule has 0 bridgehead atoms. The Morgan fingerprint density at radius 2 is 1.80 bits per heavy atom. The number of rotatable bonds is 7. The first-order valence-corrected chi connectivity index (χ1v) is 9.90. The molecule has 2 aliphatic carbocycles. The van der Waals surface area contributed by atoms with Crippen LogP contribution in [0, 0.1) is 5.41 Å². The molecule has 0 aromatic rings. The molecule has 0 aromatic carbocycles. The van der Waals surface area contributed by atoms with Crippen LogP contribution in [0.4, 0.5) is 0 Å². The van der Waals surface area contributed by atoms with Crippen LogP contribution in [-0.2, 0) is 4.74 Å². The van der Waals surface area contributed by atoms with E-state index in [1.54, 1.807) is 0 Å². The molecule has 2 aliphatic rings. The standard InChI is InChI=1S/C18H33BrO/c1-3-4-5-8-11-15(2)20-17-14-16(19)18(17)12-9-6-7-10-13-18/h15-17H,3-14H2,1-2H3. The zero-order valence-electron chi connectivity index (χ0n) is 13.5. The van der Waals surface area contributed by atoms with Crippen LogP contribution in [0.15, 0.2) is 0 Å². The fourth-order valence-electron chi connectivity index (χ4n) is 4.12. The third-order valence-electron chi connectivity index (χ3n) is 5.58. The Bertz CT molecular complexity index is 271. The second kappa shape index (κ2) is 8.17. The van der Waals surface area contributed by atoms with Crippen molar-refractivity contribution in [3.05, 3.63) is 0 Å². The van der Waals surface area contributed by atoms with Crippen molar-refractivity contribution in [1.29, 1.82) is 0 Å². The topological polar surface area (TPSA) is 9.23 Å². The molecule has 0 aromatic heterocycles. The summed E-state index contributed by atoms with van der Waals surface area (Å²) in [6.45, 7) is 4.57. The third-order valence-corrected chi connectivity index (χ3v) is 6.87. The quantitative estimate of drug-likeness (QED) is 0.392. The molecule has 1 nitrogen and oxygen atoms in total. The molecular formula is C18H33BrO. The van der Waals surface area contributed by atoms with Crippen molar-refractivity contribution in [2.45, 2.75) is 108 Å². The predicted octanol–water partition coefficient (Wildman–Crippen LogP) is 6.24. The van der Waals surface area contributed by atoms with Gasteiger partial charge in [0.25, 0.3) is 0 Å². The molecule has 3 unspecified atom stereocenters. The van der Waals surface area contributed by atoms with Gasteiger partial charge in [0.1, 0.15) is 0 Å². The number of hydrogen-bond acceptors (Lipinski definition) is 1. The normalized spacial score (nSPS) is 30.8. The van der Waals surface area contributed by atoms with Crippen molar-refractivity contribution in [1.82, 2.24) is 0 Å². The average molecular weight is 345 g/mol. The zero-order chi connectivity index (χ0) is 14.4. The summed E-state index contributed by atoms with van der Waals surface area (Å²) in [7, 11) is 0. The van der Waals surface area contributed by atoms with Gasteiger partial charge in [0, 0.05) is 10.2 Å². The smallest absolute Gasteiger partial charge is 0.0656 e. The first-order chi connectivity index (χ1) is 9.69. The van der Waals surface area contributed by atoms with Crippen LogP contribution in [0.1, 0.15) is 90.9 Å². The van der Waals surface area contributed by atoms with E-state index in [0.29, 0.717) is 22.5 Å². The van der Waals surface area contributed by atoms with E-state index in [4.69, 9.17) is 4.74 Å². The Hall–Kier alpha value is 0.440. The van der Waals surface area contributed by atoms with Gasteiger partial charge in [-0.3, -0.25) is 0 Å². The fourth-order valence-corrected chi connectivity index (χ4v) is 5.21. The second-order valence-electron chi connectivity index (χ2n) is 7.14. The number of unbranched alkanes of at least 4 members (excludes halogenated alkanes) is 3. The Labute approximate surface area is 134 Å². The lowest BCUT2D eigenvalue weighted by molar-refractivity contribution is -0.139. The minimum atomic E-state index is 0.456. The van der Waals surface area contributed by atoms with Crippen LogP contribution in [0.5, 0.6) is 0 Å². The number of hydrogen-bond donors (Lipinski definition) is 0. The molecule has 0 amide bonds. The van der Waals surface area contributed by atoms with Gasteiger partial charge in [0.15, 0.2) is 0 Å². The van der Waals surface area contributed by atoms with Gasteiger partial charge in [-0.15, -0.1) is 0 Å². The number of ether oxygens (including phenoxy) is 1. The molecule has 1 spiro atoms. The number of alkyl halides is 1. The maximum Gasteiger partial charge on any atom is 0.0656 e.